The largest absolute Gasteiger partial charge is 0.497 e. The predicted octanol–water partition coefficient (Wildman–Crippen LogP) is 1.65. The first kappa shape index (κ1) is 19.3. The van der Waals surface area contributed by atoms with Crippen molar-refractivity contribution in [1.29, 1.82) is 0 Å². The highest BCUT2D eigenvalue weighted by Crippen LogP contribution is 2.24. The zero-order valence-electron chi connectivity index (χ0n) is 15.0. The van der Waals surface area contributed by atoms with Crippen molar-refractivity contribution in [2.75, 3.05) is 26.7 Å². The fourth-order valence-electron chi connectivity index (χ4n) is 3.17. The molecule has 0 bridgehead atoms. The third kappa shape index (κ3) is 4.29. The zero-order valence-corrected chi connectivity index (χ0v) is 15.8. The molecule has 0 spiro atoms. The van der Waals surface area contributed by atoms with Crippen molar-refractivity contribution in [3.63, 3.8) is 0 Å². The quantitative estimate of drug-likeness (QED) is 0.807. The molecular weight excluding hydrogens is 368 g/mol. The number of sulfonamides is 1. The first-order chi connectivity index (χ1) is 12.9. The number of piperazine rings is 1. The van der Waals surface area contributed by atoms with Gasteiger partial charge in [0.2, 0.25) is 10.0 Å². The van der Waals surface area contributed by atoms with Crippen molar-refractivity contribution in [1.82, 2.24) is 9.21 Å². The summed E-state index contributed by atoms with van der Waals surface area (Å²) in [6.45, 7) is 0.942. The molecule has 0 saturated carbocycles. The van der Waals surface area contributed by atoms with E-state index in [1.165, 1.54) is 23.5 Å². The minimum absolute atomic E-state index is 0.0955. The van der Waals surface area contributed by atoms with E-state index in [4.69, 9.17) is 4.74 Å². The van der Waals surface area contributed by atoms with E-state index in [2.05, 4.69) is 0 Å². The summed E-state index contributed by atoms with van der Waals surface area (Å²) < 4.78 is 32.2. The summed E-state index contributed by atoms with van der Waals surface area (Å²) in [7, 11) is -2.33. The monoisotopic (exact) mass is 390 g/mol. The summed E-state index contributed by atoms with van der Waals surface area (Å²) in [4.78, 5) is 13.7. The van der Waals surface area contributed by atoms with Gasteiger partial charge in [-0.15, -0.1) is 0 Å². The number of carboxylic acid groups (broad SMARTS) is 1. The molecule has 1 saturated heterocycles. The van der Waals surface area contributed by atoms with E-state index < -0.39 is 22.0 Å². The third-order valence-electron chi connectivity index (χ3n) is 4.65. The molecule has 2 aromatic rings. The number of hydrogen-bond donors (Lipinski definition) is 1. The molecule has 1 aliphatic rings. The highest BCUT2D eigenvalue weighted by molar-refractivity contribution is 7.89. The van der Waals surface area contributed by atoms with Crippen LogP contribution in [0.25, 0.3) is 0 Å². The number of nitrogens with zero attached hydrogens (tertiary/aromatic N) is 2. The van der Waals surface area contributed by atoms with Gasteiger partial charge < -0.3 is 9.84 Å². The smallest absolute Gasteiger partial charge is 0.322 e. The second kappa shape index (κ2) is 8.08. The predicted molar refractivity (Wildman–Crippen MR) is 100 cm³/mol. The lowest BCUT2D eigenvalue weighted by atomic mass is 10.1. The number of hydrogen-bond acceptors (Lipinski definition) is 5. The van der Waals surface area contributed by atoms with E-state index >= 15 is 0 Å². The van der Waals surface area contributed by atoms with Gasteiger partial charge in [0.15, 0.2) is 0 Å². The van der Waals surface area contributed by atoms with Gasteiger partial charge in [-0.2, -0.15) is 4.31 Å². The molecule has 1 aliphatic heterocycles. The average Bonchev–Trinajstić information content (AvgIpc) is 2.68. The maximum atomic E-state index is 12.9. The molecule has 144 valence electrons. The number of benzene rings is 2. The van der Waals surface area contributed by atoms with Gasteiger partial charge in [-0.25, -0.2) is 8.42 Å². The Hall–Kier alpha value is -2.42. The molecule has 3 rings (SSSR count). The lowest BCUT2D eigenvalue weighted by Gasteiger charge is -2.38. The van der Waals surface area contributed by atoms with Gasteiger partial charge in [-0.05, 0) is 17.7 Å². The number of rotatable bonds is 6. The maximum Gasteiger partial charge on any atom is 0.322 e. The topological polar surface area (TPSA) is 87.2 Å². The second-order valence-electron chi connectivity index (χ2n) is 6.35. The Balaban J connectivity index is 1.80. The SMILES string of the molecule is COc1cccc(S(=O)(=O)N2CCN(Cc3ccccc3)C(C(=O)O)C2)c1. The number of carboxylic acids is 1. The number of carbonyl (C=O) groups is 1. The molecular formula is C19H22N2O5S. The average molecular weight is 390 g/mol. The van der Waals surface area contributed by atoms with Crippen LogP contribution in [0.15, 0.2) is 59.5 Å². The zero-order chi connectivity index (χ0) is 19.4. The molecule has 7 nitrogen and oxygen atoms in total. The molecule has 0 aliphatic carbocycles. The van der Waals surface area contributed by atoms with E-state index in [0.717, 1.165) is 5.56 Å². The lowest BCUT2D eigenvalue weighted by Crippen LogP contribution is -2.57. The van der Waals surface area contributed by atoms with Crippen molar-refractivity contribution in [3.8, 4) is 5.75 Å². The van der Waals surface area contributed by atoms with Crippen molar-refractivity contribution >= 4 is 16.0 Å². The summed E-state index contributed by atoms with van der Waals surface area (Å²) >= 11 is 0. The van der Waals surface area contributed by atoms with Crippen molar-refractivity contribution in [3.05, 3.63) is 60.2 Å². The summed E-state index contributed by atoms with van der Waals surface area (Å²) in [5.74, 6) is -0.593. The van der Waals surface area contributed by atoms with Crippen LogP contribution in [0.3, 0.4) is 0 Å². The van der Waals surface area contributed by atoms with Gasteiger partial charge in [0.1, 0.15) is 11.8 Å². The number of aliphatic carboxylic acids is 1. The van der Waals surface area contributed by atoms with Gasteiger partial charge in [0.05, 0.1) is 12.0 Å². The van der Waals surface area contributed by atoms with Gasteiger partial charge >= 0.3 is 5.97 Å². The minimum atomic E-state index is -3.79. The molecule has 0 amide bonds. The van der Waals surface area contributed by atoms with Crippen LogP contribution in [-0.2, 0) is 21.4 Å². The standard InChI is InChI=1S/C19H22N2O5S/c1-26-16-8-5-9-17(12-16)27(24,25)21-11-10-20(18(14-21)19(22)23)13-15-6-3-2-4-7-15/h2-9,12,18H,10-11,13-14H2,1H3,(H,22,23). The molecule has 0 radical (unpaired) electrons. The Morgan fingerprint density at radius 1 is 1.15 bits per heavy atom. The molecule has 1 unspecified atom stereocenters. The third-order valence-corrected chi connectivity index (χ3v) is 6.51. The molecule has 0 aromatic heterocycles. The molecule has 1 heterocycles. The Kier molecular flexibility index (Phi) is 5.79. The first-order valence-corrected chi connectivity index (χ1v) is 10.0. The molecule has 2 aromatic carbocycles. The van der Waals surface area contributed by atoms with Crippen LogP contribution in [0.1, 0.15) is 5.56 Å². The van der Waals surface area contributed by atoms with Crippen LogP contribution >= 0.6 is 0 Å². The van der Waals surface area contributed by atoms with E-state index in [1.54, 1.807) is 17.0 Å². The van der Waals surface area contributed by atoms with Crippen molar-refractivity contribution in [2.45, 2.75) is 17.5 Å². The van der Waals surface area contributed by atoms with E-state index in [-0.39, 0.29) is 18.0 Å². The fraction of sp³-hybridized carbons (Fsp3) is 0.316. The van der Waals surface area contributed by atoms with Crippen LogP contribution < -0.4 is 4.74 Å². The van der Waals surface area contributed by atoms with E-state index in [9.17, 15) is 18.3 Å². The molecule has 1 fully saturated rings. The normalized spacial score (nSPS) is 18.9. The van der Waals surface area contributed by atoms with Crippen LogP contribution in [-0.4, -0.2) is 61.5 Å². The summed E-state index contributed by atoms with van der Waals surface area (Å²) in [6.07, 6.45) is 0. The van der Waals surface area contributed by atoms with Gasteiger partial charge in [0, 0.05) is 32.2 Å². The van der Waals surface area contributed by atoms with Crippen LogP contribution in [0.2, 0.25) is 0 Å². The van der Waals surface area contributed by atoms with Crippen molar-refractivity contribution < 1.29 is 23.1 Å². The Labute approximate surface area is 158 Å². The fourth-order valence-corrected chi connectivity index (χ4v) is 4.64. The van der Waals surface area contributed by atoms with Crippen molar-refractivity contribution in [2.24, 2.45) is 0 Å². The van der Waals surface area contributed by atoms with Crippen LogP contribution in [0.5, 0.6) is 5.75 Å². The minimum Gasteiger partial charge on any atom is -0.497 e. The summed E-state index contributed by atoms with van der Waals surface area (Å²) in [5.41, 5.74) is 0.993. The molecule has 1 atom stereocenters. The highest BCUT2D eigenvalue weighted by Gasteiger charge is 2.37. The maximum absolute atomic E-state index is 12.9. The molecule has 1 N–H and O–H groups in total. The van der Waals surface area contributed by atoms with Crippen LogP contribution in [0, 0.1) is 0 Å². The summed E-state index contributed by atoms with van der Waals surface area (Å²) in [6, 6.07) is 14.9. The van der Waals surface area contributed by atoms with E-state index in [1.807, 2.05) is 30.3 Å². The van der Waals surface area contributed by atoms with E-state index in [0.29, 0.717) is 18.8 Å². The summed E-state index contributed by atoms with van der Waals surface area (Å²) in [5, 5.41) is 9.64. The molecule has 27 heavy (non-hydrogen) atoms. The van der Waals surface area contributed by atoms with Crippen LogP contribution in [0.4, 0.5) is 0 Å². The lowest BCUT2D eigenvalue weighted by molar-refractivity contribution is -0.145. The number of methoxy groups -OCH3 is 1. The first-order valence-electron chi connectivity index (χ1n) is 8.57. The second-order valence-corrected chi connectivity index (χ2v) is 8.29. The van der Waals surface area contributed by atoms with Gasteiger partial charge in [0.25, 0.3) is 0 Å². The van der Waals surface area contributed by atoms with Gasteiger partial charge in [-0.3, -0.25) is 9.69 Å². The molecule has 8 heteroatoms. The Morgan fingerprint density at radius 2 is 1.89 bits per heavy atom. The Bertz CT molecular complexity index is 901. The van der Waals surface area contributed by atoms with Gasteiger partial charge in [-0.1, -0.05) is 36.4 Å². The number of ether oxygens (including phenoxy) is 1. The highest BCUT2D eigenvalue weighted by atomic mass is 32.2. The Morgan fingerprint density at radius 3 is 2.56 bits per heavy atom.